The maximum Gasteiger partial charge on any atom is 0.359 e. The summed E-state index contributed by atoms with van der Waals surface area (Å²) in [6.45, 7) is 6.92. The van der Waals surface area contributed by atoms with Crippen LogP contribution in [0.25, 0.3) is 11.0 Å². The van der Waals surface area contributed by atoms with Gasteiger partial charge in [0.1, 0.15) is 17.9 Å². The van der Waals surface area contributed by atoms with Gasteiger partial charge in [-0.15, -0.1) is 0 Å². The molecule has 0 spiro atoms. The van der Waals surface area contributed by atoms with Crippen molar-refractivity contribution in [2.45, 2.75) is 82.9 Å². The van der Waals surface area contributed by atoms with Crippen molar-refractivity contribution in [2.24, 2.45) is 0 Å². The Morgan fingerprint density at radius 3 is 2.53 bits per heavy atom. The molecule has 0 saturated carbocycles. The van der Waals surface area contributed by atoms with Crippen LogP contribution >= 0.6 is 19.8 Å². The van der Waals surface area contributed by atoms with E-state index in [0.29, 0.717) is 0 Å². The van der Waals surface area contributed by atoms with Crippen LogP contribution in [-0.2, 0) is 13.8 Å². The monoisotopic (exact) mass is 521 g/mol. The molecular weight excluding hydrogens is 492 g/mol. The van der Waals surface area contributed by atoms with E-state index in [9.17, 15) is 34.0 Å². The van der Waals surface area contributed by atoms with Crippen LogP contribution in [0.5, 0.6) is 0 Å². The standard InChI is InChI=1S/C20H29FN3O8PS/c1-6-20(5,32-33(29,30)19(3,4)28)7-11-13(25)14(26)17(31-11)24-8-10-9(2)12(21)16(27)22-15(10)23-18(24)34/h8,11,13-14,17,25-26,28H,6-7H2,1-5H3,(H,29,30)(H,22,23,27,34). The number of aromatic nitrogens is 3. The largest absolute Gasteiger partial charge is 0.388 e. The third-order valence-electron chi connectivity index (χ3n) is 6.14. The predicted octanol–water partition coefficient (Wildman–Crippen LogP) is 2.01. The van der Waals surface area contributed by atoms with Gasteiger partial charge in [-0.2, -0.15) is 0 Å². The van der Waals surface area contributed by atoms with Gasteiger partial charge in [-0.3, -0.25) is 13.9 Å². The highest BCUT2D eigenvalue weighted by Crippen LogP contribution is 2.57. The summed E-state index contributed by atoms with van der Waals surface area (Å²) in [5, 5.41) is 29.6. The minimum atomic E-state index is -4.47. The minimum absolute atomic E-state index is 0.0249. The van der Waals surface area contributed by atoms with Crippen LogP contribution in [0, 0.1) is 17.5 Å². The molecule has 6 atom stereocenters. The van der Waals surface area contributed by atoms with Crippen molar-refractivity contribution in [3.05, 3.63) is 32.7 Å². The summed E-state index contributed by atoms with van der Waals surface area (Å²) in [6, 6.07) is 0. The Balaban J connectivity index is 1.94. The van der Waals surface area contributed by atoms with Crippen molar-refractivity contribution in [1.82, 2.24) is 14.5 Å². The van der Waals surface area contributed by atoms with E-state index in [1.165, 1.54) is 24.6 Å². The Morgan fingerprint density at radius 2 is 1.97 bits per heavy atom. The molecule has 5 N–H and O–H groups in total. The molecule has 0 aliphatic carbocycles. The Kier molecular flexibility index (Phi) is 7.26. The molecule has 1 saturated heterocycles. The molecule has 1 aliphatic heterocycles. The molecular formula is C20H29FN3O8PS. The average molecular weight is 522 g/mol. The highest BCUT2D eigenvalue weighted by molar-refractivity contribution is 7.71. The zero-order valence-corrected chi connectivity index (χ0v) is 21.1. The summed E-state index contributed by atoms with van der Waals surface area (Å²) >= 11 is 5.25. The van der Waals surface area contributed by atoms with Gasteiger partial charge in [0.2, 0.25) is 4.77 Å². The van der Waals surface area contributed by atoms with E-state index < -0.39 is 54.5 Å². The predicted molar refractivity (Wildman–Crippen MR) is 122 cm³/mol. The number of pyridine rings is 1. The number of rotatable bonds is 7. The molecule has 34 heavy (non-hydrogen) atoms. The molecule has 2 aromatic heterocycles. The molecule has 0 amide bonds. The van der Waals surface area contributed by atoms with E-state index in [1.807, 2.05) is 0 Å². The molecule has 0 bridgehead atoms. The van der Waals surface area contributed by atoms with Gasteiger partial charge >= 0.3 is 7.60 Å². The van der Waals surface area contributed by atoms with E-state index in [-0.39, 0.29) is 34.2 Å². The first-order valence-electron chi connectivity index (χ1n) is 10.6. The quantitative estimate of drug-likeness (QED) is 0.269. The van der Waals surface area contributed by atoms with Crippen LogP contribution in [0.4, 0.5) is 4.39 Å². The number of halogens is 1. The van der Waals surface area contributed by atoms with Crippen LogP contribution in [0.1, 0.15) is 52.3 Å². The van der Waals surface area contributed by atoms with E-state index in [0.717, 1.165) is 13.8 Å². The van der Waals surface area contributed by atoms with Crippen molar-refractivity contribution in [1.29, 1.82) is 0 Å². The molecule has 11 nitrogen and oxygen atoms in total. The van der Waals surface area contributed by atoms with E-state index in [4.69, 9.17) is 21.5 Å². The number of aryl methyl sites for hydroxylation is 1. The summed E-state index contributed by atoms with van der Waals surface area (Å²) < 4.78 is 39.1. The lowest BCUT2D eigenvalue weighted by atomic mass is 9.93. The molecule has 14 heteroatoms. The average Bonchev–Trinajstić information content (AvgIpc) is 2.98. The molecule has 0 aromatic carbocycles. The maximum atomic E-state index is 14.1. The van der Waals surface area contributed by atoms with Crippen molar-refractivity contribution in [3.63, 3.8) is 0 Å². The molecule has 1 aliphatic rings. The van der Waals surface area contributed by atoms with Gasteiger partial charge in [-0.25, -0.2) is 9.37 Å². The van der Waals surface area contributed by atoms with Crippen LogP contribution in [-0.4, -0.2) is 64.0 Å². The van der Waals surface area contributed by atoms with Gasteiger partial charge < -0.3 is 34.5 Å². The summed E-state index contributed by atoms with van der Waals surface area (Å²) in [7, 11) is -4.47. The fourth-order valence-corrected chi connectivity index (χ4v) is 4.95. The van der Waals surface area contributed by atoms with Gasteiger partial charge in [-0.05, 0) is 46.3 Å². The number of nitrogens with zero attached hydrogens (tertiary/aromatic N) is 2. The topological polar surface area (TPSA) is 167 Å². The Bertz CT molecular complexity index is 1260. The smallest absolute Gasteiger partial charge is 0.359 e. The van der Waals surface area contributed by atoms with E-state index in [1.54, 1.807) is 6.92 Å². The highest BCUT2D eigenvalue weighted by atomic mass is 32.1. The van der Waals surface area contributed by atoms with E-state index in [2.05, 4.69) is 9.97 Å². The molecule has 6 unspecified atom stereocenters. The molecule has 3 heterocycles. The number of aliphatic hydroxyl groups excluding tert-OH is 2. The third-order valence-corrected chi connectivity index (χ3v) is 8.52. The number of hydrogen-bond donors (Lipinski definition) is 5. The number of hydrogen-bond acceptors (Lipinski definition) is 9. The molecule has 3 rings (SSSR count). The van der Waals surface area contributed by atoms with Crippen molar-refractivity contribution in [2.75, 3.05) is 0 Å². The lowest BCUT2D eigenvalue weighted by Crippen LogP contribution is -2.39. The van der Waals surface area contributed by atoms with Gasteiger partial charge in [0, 0.05) is 23.6 Å². The number of H-pyrrole nitrogens is 1. The first-order valence-corrected chi connectivity index (χ1v) is 12.6. The first kappa shape index (κ1) is 27.0. The summed E-state index contributed by atoms with van der Waals surface area (Å²) in [4.78, 5) is 28.3. The van der Waals surface area contributed by atoms with Gasteiger partial charge in [0.15, 0.2) is 17.4 Å². The second-order valence-electron chi connectivity index (χ2n) is 9.25. The van der Waals surface area contributed by atoms with E-state index >= 15 is 0 Å². The molecule has 0 radical (unpaired) electrons. The van der Waals surface area contributed by atoms with Crippen molar-refractivity contribution >= 4 is 30.8 Å². The lowest BCUT2D eigenvalue weighted by Gasteiger charge is -2.36. The Hall–Kier alpha value is -1.57. The zero-order chi connectivity index (χ0) is 25.8. The van der Waals surface area contributed by atoms with Crippen LogP contribution in [0.2, 0.25) is 0 Å². The third kappa shape index (κ3) is 4.89. The van der Waals surface area contributed by atoms with Gasteiger partial charge in [-0.1, -0.05) is 6.92 Å². The first-order chi connectivity index (χ1) is 15.5. The summed E-state index contributed by atoms with van der Waals surface area (Å²) in [5.74, 6) is -0.986. The normalized spacial score (nSPS) is 27.0. The molecule has 1 fully saturated rings. The highest BCUT2D eigenvalue weighted by Gasteiger charge is 2.50. The second kappa shape index (κ2) is 9.14. The van der Waals surface area contributed by atoms with Crippen molar-refractivity contribution < 1.29 is 38.4 Å². The second-order valence-corrected chi connectivity index (χ2v) is 11.9. The molecule has 2 aromatic rings. The molecule has 190 valence electrons. The maximum absolute atomic E-state index is 14.1. The Morgan fingerprint density at radius 1 is 1.35 bits per heavy atom. The number of fused-ring (bicyclic) bond motifs is 1. The van der Waals surface area contributed by atoms with Crippen LogP contribution in [0.3, 0.4) is 0 Å². The van der Waals surface area contributed by atoms with Gasteiger partial charge in [0.25, 0.3) is 5.56 Å². The van der Waals surface area contributed by atoms with Gasteiger partial charge in [0.05, 0.1) is 11.7 Å². The fraction of sp³-hybridized carbons (Fsp3) is 0.650. The van der Waals surface area contributed by atoms with Crippen LogP contribution in [0.15, 0.2) is 11.0 Å². The fourth-order valence-electron chi connectivity index (χ4n) is 3.68. The number of aromatic amines is 1. The zero-order valence-electron chi connectivity index (χ0n) is 19.4. The van der Waals surface area contributed by atoms with Crippen LogP contribution < -0.4 is 5.56 Å². The number of nitrogens with one attached hydrogen (secondary N) is 1. The summed E-state index contributed by atoms with van der Waals surface area (Å²) in [6.07, 6.45) is -3.66. The minimum Gasteiger partial charge on any atom is -0.388 e. The summed E-state index contributed by atoms with van der Waals surface area (Å²) in [5.41, 5.74) is -2.15. The lowest BCUT2D eigenvalue weighted by molar-refractivity contribution is -0.0702. The SMILES string of the molecule is CCC(C)(CC1OC(n2cc3c(C)c(F)c(=O)[nH]c3nc2=S)C(O)C1O)OP(=O)(O)C(C)(C)O. The Labute approximate surface area is 199 Å². The van der Waals surface area contributed by atoms with Crippen molar-refractivity contribution in [3.8, 4) is 0 Å². The number of aliphatic hydroxyl groups is 3. The number of ether oxygens (including phenoxy) is 1.